The van der Waals surface area contributed by atoms with Crippen LogP contribution >= 0.6 is 11.6 Å². The van der Waals surface area contributed by atoms with Gasteiger partial charge in [-0.3, -0.25) is 4.57 Å². The van der Waals surface area contributed by atoms with E-state index in [-0.39, 0.29) is 6.04 Å². The third-order valence-corrected chi connectivity index (χ3v) is 5.78. The van der Waals surface area contributed by atoms with Gasteiger partial charge in [-0.25, -0.2) is 19.9 Å². The molecule has 0 saturated carbocycles. The molecule has 4 aromatic heterocycles. The Labute approximate surface area is 206 Å². The zero-order chi connectivity index (χ0) is 24.0. The average molecular weight is 489 g/mol. The summed E-state index contributed by atoms with van der Waals surface area (Å²) in [5.74, 6) is 8.22. The Balaban J connectivity index is 1.29. The molecule has 5 heterocycles. The van der Waals surface area contributed by atoms with Gasteiger partial charge in [0.2, 0.25) is 5.95 Å². The molecule has 0 spiro atoms. The first kappa shape index (κ1) is 22.6. The van der Waals surface area contributed by atoms with Gasteiger partial charge in [-0.15, -0.1) is 10.2 Å². The van der Waals surface area contributed by atoms with Crippen LogP contribution in [0.25, 0.3) is 5.82 Å². The van der Waals surface area contributed by atoms with Crippen molar-refractivity contribution in [3.05, 3.63) is 72.1 Å². The summed E-state index contributed by atoms with van der Waals surface area (Å²) in [6, 6.07) is 5.69. The van der Waals surface area contributed by atoms with Crippen molar-refractivity contribution in [2.45, 2.75) is 6.04 Å². The molecule has 11 nitrogen and oxygen atoms in total. The van der Waals surface area contributed by atoms with Gasteiger partial charge < -0.3 is 14.5 Å². The topological polar surface area (TPSA) is 111 Å². The second-order valence-corrected chi connectivity index (χ2v) is 8.07. The fourth-order valence-electron chi connectivity index (χ4n) is 3.79. The highest BCUT2D eigenvalue weighted by Crippen LogP contribution is 2.22. The molecule has 12 heteroatoms. The van der Waals surface area contributed by atoms with Gasteiger partial charge in [0.1, 0.15) is 35.8 Å². The molecule has 5 rings (SSSR count). The van der Waals surface area contributed by atoms with Crippen molar-refractivity contribution in [3.63, 3.8) is 0 Å². The Morgan fingerprint density at radius 2 is 1.91 bits per heavy atom. The van der Waals surface area contributed by atoms with Gasteiger partial charge in [-0.05, 0) is 18.2 Å². The first-order chi connectivity index (χ1) is 17.2. The van der Waals surface area contributed by atoms with Gasteiger partial charge in [-0.2, -0.15) is 4.98 Å². The number of hydrogen-bond acceptors (Lipinski definition) is 10. The predicted octanol–water partition coefficient (Wildman–Crippen LogP) is 1.64. The number of aromatic nitrogens is 8. The Bertz CT molecular complexity index is 1320. The standard InChI is InChI=1S/C23H21ClN10O/c1-35-13-19-12-32(8-9-34(19)21-6-7-25-14-28-21)23-27-11-18(22(24)31-23)4-2-17-3-5-20(26-10-17)33-15-29-30-16-33/h3,5-7,10-11,14-16,19H,8-9,12-13H2,1H3/t19-/m1/s1. The summed E-state index contributed by atoms with van der Waals surface area (Å²) in [7, 11) is 1.69. The van der Waals surface area contributed by atoms with Crippen LogP contribution in [-0.2, 0) is 4.74 Å². The largest absolute Gasteiger partial charge is 0.382 e. The molecule has 1 aliphatic rings. The van der Waals surface area contributed by atoms with Crippen LogP contribution in [0.15, 0.2) is 55.8 Å². The maximum atomic E-state index is 6.46. The van der Waals surface area contributed by atoms with Gasteiger partial charge >= 0.3 is 0 Å². The van der Waals surface area contributed by atoms with E-state index in [0.29, 0.717) is 35.6 Å². The Hall–Kier alpha value is -4.14. The zero-order valence-corrected chi connectivity index (χ0v) is 19.6. The molecule has 0 aliphatic carbocycles. The fourth-order valence-corrected chi connectivity index (χ4v) is 3.96. The van der Waals surface area contributed by atoms with Crippen LogP contribution in [0.4, 0.5) is 11.8 Å². The molecule has 1 aliphatic heterocycles. The highest BCUT2D eigenvalue weighted by atomic mass is 35.5. The predicted molar refractivity (Wildman–Crippen MR) is 129 cm³/mol. The van der Waals surface area contributed by atoms with Gasteiger partial charge in [-0.1, -0.05) is 23.4 Å². The van der Waals surface area contributed by atoms with Crippen molar-refractivity contribution >= 4 is 23.4 Å². The smallest absolute Gasteiger partial charge is 0.226 e. The molecular weight excluding hydrogens is 468 g/mol. The summed E-state index contributed by atoms with van der Waals surface area (Å²) in [6.45, 7) is 2.67. The summed E-state index contributed by atoms with van der Waals surface area (Å²) < 4.78 is 7.17. The van der Waals surface area contributed by atoms with E-state index < -0.39 is 0 Å². The minimum Gasteiger partial charge on any atom is -0.382 e. The Morgan fingerprint density at radius 1 is 1.03 bits per heavy atom. The van der Waals surface area contributed by atoms with E-state index in [0.717, 1.165) is 24.5 Å². The molecule has 0 radical (unpaired) electrons. The van der Waals surface area contributed by atoms with Gasteiger partial charge in [0.05, 0.1) is 18.2 Å². The molecule has 0 N–H and O–H groups in total. The molecule has 0 unspecified atom stereocenters. The van der Waals surface area contributed by atoms with Crippen LogP contribution in [-0.4, -0.2) is 79.1 Å². The minimum atomic E-state index is 0.0825. The molecular formula is C23H21ClN10O. The van der Waals surface area contributed by atoms with E-state index in [1.54, 1.807) is 49.2 Å². The summed E-state index contributed by atoms with van der Waals surface area (Å²) in [5.41, 5.74) is 1.29. The lowest BCUT2D eigenvalue weighted by Gasteiger charge is -2.41. The van der Waals surface area contributed by atoms with E-state index in [9.17, 15) is 0 Å². The molecule has 1 saturated heterocycles. The quantitative estimate of drug-likeness (QED) is 0.303. The monoisotopic (exact) mass is 488 g/mol. The lowest BCUT2D eigenvalue weighted by Crippen LogP contribution is -2.56. The van der Waals surface area contributed by atoms with E-state index in [4.69, 9.17) is 16.3 Å². The van der Waals surface area contributed by atoms with Crippen molar-refractivity contribution < 1.29 is 4.74 Å². The third kappa shape index (κ3) is 5.18. The van der Waals surface area contributed by atoms with Crippen molar-refractivity contribution in [1.82, 2.24) is 39.7 Å². The van der Waals surface area contributed by atoms with Crippen molar-refractivity contribution in [1.29, 1.82) is 0 Å². The van der Waals surface area contributed by atoms with Gasteiger partial charge in [0.25, 0.3) is 0 Å². The molecule has 0 bridgehead atoms. The Morgan fingerprint density at radius 3 is 2.63 bits per heavy atom. The molecule has 35 heavy (non-hydrogen) atoms. The van der Waals surface area contributed by atoms with Crippen LogP contribution in [0.5, 0.6) is 0 Å². The number of piperazine rings is 1. The second kappa shape index (κ2) is 10.4. The number of methoxy groups -OCH3 is 1. The van der Waals surface area contributed by atoms with Crippen LogP contribution < -0.4 is 9.80 Å². The SMILES string of the molecule is COC[C@H]1CN(c2ncc(C#Cc3ccc(-n4cnnc4)nc3)c(Cl)n2)CCN1c1ccncn1. The second-order valence-electron chi connectivity index (χ2n) is 7.71. The highest BCUT2D eigenvalue weighted by molar-refractivity contribution is 6.30. The fraction of sp³-hybridized carbons (Fsp3) is 0.261. The van der Waals surface area contributed by atoms with Crippen molar-refractivity contribution in [2.24, 2.45) is 0 Å². The summed E-state index contributed by atoms with van der Waals surface area (Å²) in [5, 5.41) is 7.86. The zero-order valence-electron chi connectivity index (χ0n) is 18.9. The first-order valence-corrected chi connectivity index (χ1v) is 11.2. The van der Waals surface area contributed by atoms with Crippen molar-refractivity contribution in [3.8, 4) is 17.7 Å². The van der Waals surface area contributed by atoms with E-state index >= 15 is 0 Å². The van der Waals surface area contributed by atoms with E-state index in [1.165, 1.54) is 0 Å². The van der Waals surface area contributed by atoms with Gasteiger partial charge in [0, 0.05) is 50.9 Å². The molecule has 176 valence electrons. The molecule has 1 fully saturated rings. The highest BCUT2D eigenvalue weighted by Gasteiger charge is 2.29. The average Bonchev–Trinajstić information content (AvgIpc) is 3.44. The lowest BCUT2D eigenvalue weighted by molar-refractivity contribution is 0.173. The van der Waals surface area contributed by atoms with Crippen molar-refractivity contribution in [2.75, 3.05) is 43.2 Å². The normalized spacial score (nSPS) is 15.5. The summed E-state index contributed by atoms with van der Waals surface area (Å²) in [4.78, 5) is 26.1. The Kier molecular flexibility index (Phi) is 6.74. The molecule has 1 atom stereocenters. The number of rotatable bonds is 5. The summed E-state index contributed by atoms with van der Waals surface area (Å²) >= 11 is 6.46. The minimum absolute atomic E-state index is 0.0825. The molecule has 0 amide bonds. The summed E-state index contributed by atoms with van der Waals surface area (Å²) in [6.07, 6.45) is 9.79. The lowest BCUT2D eigenvalue weighted by atomic mass is 10.2. The molecule has 0 aromatic carbocycles. The number of pyridine rings is 1. The first-order valence-electron chi connectivity index (χ1n) is 10.8. The maximum absolute atomic E-state index is 6.46. The number of anilines is 2. The van der Waals surface area contributed by atoms with Crippen LogP contribution in [0.1, 0.15) is 11.1 Å². The van der Waals surface area contributed by atoms with Crippen LogP contribution in [0.2, 0.25) is 5.15 Å². The maximum Gasteiger partial charge on any atom is 0.226 e. The van der Waals surface area contributed by atoms with Crippen LogP contribution in [0, 0.1) is 11.8 Å². The van der Waals surface area contributed by atoms with Gasteiger partial charge in [0.15, 0.2) is 0 Å². The third-order valence-electron chi connectivity index (χ3n) is 5.49. The van der Waals surface area contributed by atoms with Crippen LogP contribution in [0.3, 0.4) is 0 Å². The number of ether oxygens (including phenoxy) is 1. The number of nitrogens with zero attached hydrogens (tertiary/aromatic N) is 10. The number of halogens is 1. The molecule has 4 aromatic rings. The number of hydrogen-bond donors (Lipinski definition) is 0. The van der Waals surface area contributed by atoms with E-state index in [2.05, 4.69) is 56.8 Å². The van der Waals surface area contributed by atoms with E-state index in [1.807, 2.05) is 18.2 Å².